The van der Waals surface area contributed by atoms with E-state index in [0.717, 1.165) is 20.9 Å². The molecule has 0 unspecified atom stereocenters. The molecule has 0 fully saturated rings. The second-order valence-corrected chi connectivity index (χ2v) is 8.86. The molecule has 1 heterocycles. The van der Waals surface area contributed by atoms with Crippen LogP contribution in [-0.2, 0) is 14.8 Å². The van der Waals surface area contributed by atoms with E-state index in [1.165, 1.54) is 30.5 Å². The highest BCUT2D eigenvalue weighted by molar-refractivity contribution is 9.10. The SMILES string of the molecule is Cc1oc(/C=N/NC(=O)CN(c2ccc(F)cc2)S(=O)(=O)c2ccccc2)cc1Br. The Hall–Kier alpha value is -2.98. The average Bonchev–Trinajstić information content (AvgIpc) is 3.05. The van der Waals surface area contributed by atoms with E-state index >= 15 is 0 Å². The predicted octanol–water partition coefficient (Wildman–Crippen LogP) is 3.84. The van der Waals surface area contributed by atoms with Crippen molar-refractivity contribution in [1.29, 1.82) is 0 Å². The fourth-order valence-electron chi connectivity index (χ4n) is 2.52. The van der Waals surface area contributed by atoms with Gasteiger partial charge in [0.25, 0.3) is 15.9 Å². The van der Waals surface area contributed by atoms with Gasteiger partial charge < -0.3 is 4.42 Å². The van der Waals surface area contributed by atoms with Gasteiger partial charge in [0.2, 0.25) is 0 Å². The number of hydrogen-bond donors (Lipinski definition) is 1. The fourth-order valence-corrected chi connectivity index (χ4v) is 4.27. The van der Waals surface area contributed by atoms with Gasteiger partial charge >= 0.3 is 0 Å². The molecule has 3 rings (SSSR count). The zero-order valence-corrected chi connectivity index (χ0v) is 18.2. The molecule has 0 spiro atoms. The second-order valence-electron chi connectivity index (χ2n) is 6.15. The highest BCUT2D eigenvalue weighted by Gasteiger charge is 2.27. The number of nitrogens with one attached hydrogen (secondary N) is 1. The molecule has 0 aliphatic heterocycles. The van der Waals surface area contributed by atoms with Crippen molar-refractivity contribution in [1.82, 2.24) is 5.43 Å². The molecule has 7 nitrogen and oxygen atoms in total. The van der Waals surface area contributed by atoms with Crippen LogP contribution in [0, 0.1) is 12.7 Å². The monoisotopic (exact) mass is 493 g/mol. The van der Waals surface area contributed by atoms with Crippen LogP contribution in [0.5, 0.6) is 0 Å². The minimum absolute atomic E-state index is 0.00142. The van der Waals surface area contributed by atoms with Crippen molar-refractivity contribution >= 4 is 43.8 Å². The number of hydrazone groups is 1. The van der Waals surface area contributed by atoms with Gasteiger partial charge in [-0.3, -0.25) is 9.10 Å². The van der Waals surface area contributed by atoms with Gasteiger partial charge in [0.15, 0.2) is 0 Å². The van der Waals surface area contributed by atoms with E-state index in [4.69, 9.17) is 4.42 Å². The quantitative estimate of drug-likeness (QED) is 0.399. The molecular formula is C20H17BrFN3O4S. The van der Waals surface area contributed by atoms with E-state index in [-0.39, 0.29) is 10.6 Å². The highest BCUT2D eigenvalue weighted by atomic mass is 79.9. The number of furan rings is 1. The molecule has 0 saturated carbocycles. The molecule has 0 bridgehead atoms. The minimum atomic E-state index is -4.07. The smallest absolute Gasteiger partial charge is 0.264 e. The van der Waals surface area contributed by atoms with Gasteiger partial charge in [-0.1, -0.05) is 18.2 Å². The van der Waals surface area contributed by atoms with Gasteiger partial charge in [0, 0.05) is 6.07 Å². The lowest BCUT2D eigenvalue weighted by Crippen LogP contribution is -2.39. The summed E-state index contributed by atoms with van der Waals surface area (Å²) in [6.07, 6.45) is 1.30. The molecule has 0 atom stereocenters. The number of hydrogen-bond acceptors (Lipinski definition) is 5. The first kappa shape index (κ1) is 21.7. The van der Waals surface area contributed by atoms with Gasteiger partial charge in [-0.2, -0.15) is 5.10 Å². The van der Waals surface area contributed by atoms with Crippen molar-refractivity contribution in [2.45, 2.75) is 11.8 Å². The summed E-state index contributed by atoms with van der Waals surface area (Å²) in [4.78, 5) is 12.4. The van der Waals surface area contributed by atoms with E-state index in [2.05, 4.69) is 26.5 Å². The topological polar surface area (TPSA) is 92.0 Å². The zero-order valence-electron chi connectivity index (χ0n) is 15.7. The van der Waals surface area contributed by atoms with Crippen LogP contribution >= 0.6 is 15.9 Å². The molecule has 0 aliphatic carbocycles. The third-order valence-corrected chi connectivity index (χ3v) is 6.57. The summed E-state index contributed by atoms with van der Waals surface area (Å²) in [5.41, 5.74) is 2.41. The van der Waals surface area contributed by atoms with Crippen LogP contribution in [0.1, 0.15) is 11.5 Å². The summed E-state index contributed by atoms with van der Waals surface area (Å²) in [7, 11) is -4.07. The van der Waals surface area contributed by atoms with Crippen molar-refractivity contribution in [3.8, 4) is 0 Å². The van der Waals surface area contributed by atoms with E-state index in [1.807, 2.05) is 0 Å². The third kappa shape index (κ3) is 5.14. The molecule has 30 heavy (non-hydrogen) atoms. The lowest BCUT2D eigenvalue weighted by atomic mass is 10.3. The third-order valence-electron chi connectivity index (χ3n) is 3.99. The van der Waals surface area contributed by atoms with Gasteiger partial charge in [0.1, 0.15) is 23.9 Å². The van der Waals surface area contributed by atoms with E-state index in [0.29, 0.717) is 11.5 Å². The Morgan fingerprint density at radius 1 is 1.20 bits per heavy atom. The summed E-state index contributed by atoms with van der Waals surface area (Å²) in [6.45, 7) is 1.20. The van der Waals surface area contributed by atoms with Gasteiger partial charge in [0.05, 0.1) is 21.3 Å². The Morgan fingerprint density at radius 2 is 1.87 bits per heavy atom. The standard InChI is InChI=1S/C20H17BrFN3O4S/c1-14-19(21)11-17(29-14)12-23-24-20(26)13-25(16-9-7-15(22)8-10-16)30(27,28)18-5-3-2-4-6-18/h2-12H,13H2,1H3,(H,24,26)/b23-12+. The van der Waals surface area contributed by atoms with Gasteiger partial charge in [-0.05, 0) is 59.3 Å². The number of nitrogens with zero attached hydrogens (tertiary/aromatic N) is 2. The van der Waals surface area contributed by atoms with Crippen LogP contribution in [0.25, 0.3) is 0 Å². The maximum atomic E-state index is 13.3. The first-order chi connectivity index (χ1) is 14.3. The Balaban J connectivity index is 1.82. The molecule has 10 heteroatoms. The molecule has 2 aromatic carbocycles. The maximum absolute atomic E-state index is 13.3. The number of sulfonamides is 1. The van der Waals surface area contributed by atoms with Crippen LogP contribution in [0.4, 0.5) is 10.1 Å². The van der Waals surface area contributed by atoms with Gasteiger partial charge in [-0.25, -0.2) is 18.2 Å². The number of amides is 1. The Bertz CT molecular complexity index is 1140. The lowest BCUT2D eigenvalue weighted by molar-refractivity contribution is -0.119. The lowest BCUT2D eigenvalue weighted by Gasteiger charge is -2.23. The number of carbonyl (C=O) groups excluding carboxylic acids is 1. The Morgan fingerprint density at radius 3 is 2.47 bits per heavy atom. The maximum Gasteiger partial charge on any atom is 0.264 e. The van der Waals surface area contributed by atoms with Gasteiger partial charge in [-0.15, -0.1) is 0 Å². The summed E-state index contributed by atoms with van der Waals surface area (Å²) >= 11 is 3.30. The van der Waals surface area contributed by atoms with Crippen LogP contribution in [0.15, 0.2) is 79.6 Å². The number of anilines is 1. The summed E-state index contributed by atoms with van der Waals surface area (Å²) in [5, 5.41) is 3.79. The molecule has 3 aromatic rings. The van der Waals surface area contributed by atoms with Crippen molar-refractivity contribution in [2.75, 3.05) is 10.8 Å². The number of carbonyl (C=O) groups is 1. The summed E-state index contributed by atoms with van der Waals surface area (Å²) in [5.74, 6) is -0.145. The Kier molecular flexibility index (Phi) is 6.68. The summed E-state index contributed by atoms with van der Waals surface area (Å²) < 4.78 is 46.5. The molecule has 1 amide bonds. The Labute approximate surface area is 181 Å². The molecule has 1 N–H and O–H groups in total. The second kappa shape index (κ2) is 9.23. The van der Waals surface area contributed by atoms with Crippen LogP contribution in [0.3, 0.4) is 0 Å². The van der Waals surface area contributed by atoms with Crippen molar-refractivity contribution in [2.24, 2.45) is 5.10 Å². The van der Waals surface area contributed by atoms with Crippen molar-refractivity contribution in [3.63, 3.8) is 0 Å². The van der Waals surface area contributed by atoms with Crippen molar-refractivity contribution in [3.05, 3.63) is 82.5 Å². The highest BCUT2D eigenvalue weighted by Crippen LogP contribution is 2.23. The molecule has 156 valence electrons. The van der Waals surface area contributed by atoms with Crippen LogP contribution in [-0.4, -0.2) is 27.1 Å². The van der Waals surface area contributed by atoms with E-state index in [9.17, 15) is 17.6 Å². The number of aryl methyl sites for hydroxylation is 1. The molecule has 0 aliphatic rings. The number of rotatable bonds is 7. The van der Waals surface area contributed by atoms with Crippen LogP contribution in [0.2, 0.25) is 0 Å². The fraction of sp³-hybridized carbons (Fsp3) is 0.100. The molecule has 0 saturated heterocycles. The van der Waals surface area contributed by atoms with Crippen LogP contribution < -0.4 is 9.73 Å². The summed E-state index contributed by atoms with van der Waals surface area (Å²) in [6, 6.07) is 14.1. The minimum Gasteiger partial charge on any atom is -0.459 e. The van der Waals surface area contributed by atoms with E-state index < -0.39 is 28.3 Å². The number of benzene rings is 2. The van der Waals surface area contributed by atoms with E-state index in [1.54, 1.807) is 31.2 Å². The molecule has 0 radical (unpaired) electrons. The normalized spacial score (nSPS) is 11.6. The average molecular weight is 494 g/mol. The first-order valence-corrected chi connectivity index (χ1v) is 10.9. The van der Waals surface area contributed by atoms with Crippen molar-refractivity contribution < 1.29 is 22.0 Å². The largest absolute Gasteiger partial charge is 0.459 e. The predicted molar refractivity (Wildman–Crippen MR) is 114 cm³/mol. The molecule has 1 aromatic heterocycles. The zero-order chi connectivity index (χ0) is 21.7. The molecular weight excluding hydrogens is 477 g/mol. The first-order valence-electron chi connectivity index (χ1n) is 8.68. The number of halogens is 2.